The van der Waals surface area contributed by atoms with Gasteiger partial charge in [0.05, 0.1) is 18.9 Å². The van der Waals surface area contributed by atoms with E-state index in [1.807, 2.05) is 0 Å². The van der Waals surface area contributed by atoms with E-state index in [0.717, 1.165) is 6.26 Å². The third-order valence-electron chi connectivity index (χ3n) is 5.08. The lowest BCUT2D eigenvalue weighted by Crippen LogP contribution is -2.69. The molecule has 5 atom stereocenters. The molecular weight excluding hydrogens is 452 g/mol. The summed E-state index contributed by atoms with van der Waals surface area (Å²) >= 11 is 0. The summed E-state index contributed by atoms with van der Waals surface area (Å²) in [6, 6.07) is 14.6. The first-order valence-electron chi connectivity index (χ1n) is 10.1. The van der Waals surface area contributed by atoms with Crippen LogP contribution in [0.15, 0.2) is 60.7 Å². The van der Waals surface area contributed by atoms with Crippen molar-refractivity contribution in [3.63, 3.8) is 0 Å². The summed E-state index contributed by atoms with van der Waals surface area (Å²) in [5.41, 5.74) is 0.694. The normalized spacial score (nSPS) is 25.2. The third kappa shape index (κ3) is 6.59. The molecule has 1 aliphatic heterocycles. The lowest BCUT2D eigenvalue weighted by molar-refractivity contribution is -0.237. The molecule has 0 saturated carbocycles. The third-order valence-corrected chi connectivity index (χ3v) is 5.65. The van der Waals surface area contributed by atoms with Crippen molar-refractivity contribution >= 4 is 21.9 Å². The van der Waals surface area contributed by atoms with Crippen molar-refractivity contribution in [2.24, 2.45) is 0 Å². The largest absolute Gasteiger partial charge is 0.388 e. The molecule has 11 heteroatoms. The number of benzene rings is 2. The molecule has 0 unspecified atom stereocenters. The van der Waals surface area contributed by atoms with E-state index in [1.54, 1.807) is 60.7 Å². The zero-order valence-corrected chi connectivity index (χ0v) is 18.9. The van der Waals surface area contributed by atoms with Crippen LogP contribution < -0.4 is 10.6 Å². The maximum Gasteiger partial charge on any atom is 0.264 e. The monoisotopic (exact) mass is 478 g/mol. The second kappa shape index (κ2) is 10.9. The van der Waals surface area contributed by atoms with Gasteiger partial charge in [0.25, 0.3) is 21.9 Å². The lowest BCUT2D eigenvalue weighted by atomic mass is 9.93. The van der Waals surface area contributed by atoms with E-state index < -0.39 is 59.1 Å². The molecular formula is C22H26N2O8S. The summed E-state index contributed by atoms with van der Waals surface area (Å²) < 4.78 is 38.7. The van der Waals surface area contributed by atoms with Gasteiger partial charge in [0.1, 0.15) is 18.2 Å². The zero-order chi connectivity index (χ0) is 24.0. The van der Waals surface area contributed by atoms with Crippen LogP contribution in [-0.4, -0.2) is 75.9 Å². The van der Waals surface area contributed by atoms with Crippen LogP contribution in [0.25, 0.3) is 0 Å². The Morgan fingerprint density at radius 2 is 1.42 bits per heavy atom. The van der Waals surface area contributed by atoms with Gasteiger partial charge in [0.2, 0.25) is 0 Å². The number of nitrogens with one attached hydrogen (secondary N) is 2. The minimum absolute atomic E-state index is 0.335. The Bertz CT molecular complexity index is 1050. The summed E-state index contributed by atoms with van der Waals surface area (Å²) in [4.78, 5) is 25.6. The molecule has 0 aliphatic carbocycles. The van der Waals surface area contributed by atoms with Crippen molar-refractivity contribution in [3.8, 4) is 0 Å². The Balaban J connectivity index is 1.88. The number of rotatable bonds is 8. The minimum atomic E-state index is -3.81. The van der Waals surface area contributed by atoms with Crippen LogP contribution in [0.2, 0.25) is 0 Å². The smallest absolute Gasteiger partial charge is 0.264 e. The second-order valence-electron chi connectivity index (χ2n) is 7.49. The number of amides is 2. The second-order valence-corrected chi connectivity index (χ2v) is 9.13. The molecule has 0 bridgehead atoms. The van der Waals surface area contributed by atoms with Gasteiger partial charge in [0, 0.05) is 18.2 Å². The fourth-order valence-electron chi connectivity index (χ4n) is 3.46. The summed E-state index contributed by atoms with van der Waals surface area (Å²) in [5.74, 6) is -0.971. The van der Waals surface area contributed by atoms with Crippen LogP contribution in [-0.2, 0) is 23.8 Å². The van der Waals surface area contributed by atoms with Crippen LogP contribution in [0.4, 0.5) is 0 Å². The topological polar surface area (TPSA) is 140 Å². The number of aliphatic hydroxyl groups is 1. The van der Waals surface area contributed by atoms with E-state index in [9.17, 15) is 23.1 Å². The standard InChI is InChI=1S/C22H26N2O8S/c1-30-22-18(24-21(27)15-11-7-4-8-12-15)17(23-20(26)14-9-5-3-6-10-14)19(25)16(32-22)13-31-33(2,28)29/h3-12,16-19,22,25H,13H2,1-2H3,(H,23,26)(H,24,27)/t16-,17-,18-,19+,22-/m1/s1. The van der Waals surface area contributed by atoms with E-state index in [2.05, 4.69) is 10.6 Å². The first-order valence-corrected chi connectivity index (χ1v) is 11.9. The summed E-state index contributed by atoms with van der Waals surface area (Å²) in [5, 5.41) is 16.4. The molecule has 2 aromatic rings. The fourth-order valence-corrected chi connectivity index (χ4v) is 3.84. The zero-order valence-electron chi connectivity index (χ0n) is 18.1. The number of hydrogen-bond donors (Lipinski definition) is 3. The summed E-state index contributed by atoms with van der Waals surface area (Å²) in [6.45, 7) is -0.503. The molecule has 0 aromatic heterocycles. The van der Waals surface area contributed by atoms with Crippen LogP contribution >= 0.6 is 0 Å². The molecule has 3 rings (SSSR count). The van der Waals surface area contributed by atoms with Crippen molar-refractivity contribution in [2.45, 2.75) is 30.6 Å². The molecule has 1 saturated heterocycles. The number of carbonyl (C=O) groups is 2. The van der Waals surface area contributed by atoms with Crippen LogP contribution in [0.1, 0.15) is 20.7 Å². The quantitative estimate of drug-likeness (QED) is 0.460. The van der Waals surface area contributed by atoms with Gasteiger partial charge < -0.3 is 25.2 Å². The van der Waals surface area contributed by atoms with Crippen molar-refractivity contribution < 1.29 is 36.8 Å². The van der Waals surface area contributed by atoms with Gasteiger partial charge in [-0.05, 0) is 24.3 Å². The van der Waals surface area contributed by atoms with Crippen LogP contribution in [0.3, 0.4) is 0 Å². The molecule has 2 amide bonds. The highest BCUT2D eigenvalue weighted by molar-refractivity contribution is 7.85. The summed E-state index contributed by atoms with van der Waals surface area (Å²) in [6.07, 6.45) is -2.83. The molecule has 178 valence electrons. The molecule has 10 nitrogen and oxygen atoms in total. The predicted octanol–water partition coefficient (Wildman–Crippen LogP) is 0.292. The van der Waals surface area contributed by atoms with E-state index in [0.29, 0.717) is 11.1 Å². The molecule has 3 N–H and O–H groups in total. The Kier molecular flexibility index (Phi) is 8.16. The SMILES string of the molecule is CO[C@@H]1O[C@H](COS(C)(=O)=O)[C@H](O)[C@H](NC(=O)c2ccccc2)[C@H]1NC(=O)c1ccccc1. The van der Waals surface area contributed by atoms with Gasteiger partial charge in [-0.3, -0.25) is 13.8 Å². The first-order chi connectivity index (χ1) is 15.7. The Hall–Kier alpha value is -2.83. The number of carbonyl (C=O) groups excluding carboxylic acids is 2. The highest BCUT2D eigenvalue weighted by Crippen LogP contribution is 2.24. The lowest BCUT2D eigenvalue weighted by Gasteiger charge is -2.44. The van der Waals surface area contributed by atoms with E-state index in [4.69, 9.17) is 13.7 Å². The van der Waals surface area contributed by atoms with Crippen molar-refractivity contribution in [3.05, 3.63) is 71.8 Å². The molecule has 2 aromatic carbocycles. The van der Waals surface area contributed by atoms with Gasteiger partial charge in [-0.15, -0.1) is 0 Å². The number of methoxy groups -OCH3 is 1. The predicted molar refractivity (Wildman–Crippen MR) is 118 cm³/mol. The van der Waals surface area contributed by atoms with Gasteiger partial charge in [-0.25, -0.2) is 0 Å². The molecule has 0 spiro atoms. The maximum atomic E-state index is 12.8. The van der Waals surface area contributed by atoms with E-state index in [-0.39, 0.29) is 0 Å². The molecule has 0 radical (unpaired) electrons. The average molecular weight is 479 g/mol. The van der Waals surface area contributed by atoms with E-state index >= 15 is 0 Å². The van der Waals surface area contributed by atoms with Gasteiger partial charge in [-0.1, -0.05) is 36.4 Å². The molecule has 1 fully saturated rings. The molecule has 33 heavy (non-hydrogen) atoms. The van der Waals surface area contributed by atoms with Crippen LogP contribution in [0.5, 0.6) is 0 Å². The fraction of sp³-hybridized carbons (Fsp3) is 0.364. The van der Waals surface area contributed by atoms with Crippen molar-refractivity contribution in [2.75, 3.05) is 20.0 Å². The Morgan fingerprint density at radius 3 is 1.88 bits per heavy atom. The van der Waals surface area contributed by atoms with Crippen molar-refractivity contribution in [1.29, 1.82) is 0 Å². The molecule has 1 heterocycles. The Morgan fingerprint density at radius 1 is 0.939 bits per heavy atom. The number of aliphatic hydroxyl groups excluding tert-OH is 1. The highest BCUT2D eigenvalue weighted by atomic mass is 32.2. The van der Waals surface area contributed by atoms with Crippen molar-refractivity contribution in [1.82, 2.24) is 10.6 Å². The number of ether oxygens (including phenoxy) is 2. The highest BCUT2D eigenvalue weighted by Gasteiger charge is 2.47. The van der Waals surface area contributed by atoms with Gasteiger partial charge >= 0.3 is 0 Å². The minimum Gasteiger partial charge on any atom is -0.388 e. The van der Waals surface area contributed by atoms with Gasteiger partial charge in [0.15, 0.2) is 6.29 Å². The Labute approximate surface area is 192 Å². The maximum absolute atomic E-state index is 12.8. The number of hydrogen-bond acceptors (Lipinski definition) is 8. The first kappa shape index (κ1) is 24.8. The van der Waals surface area contributed by atoms with Gasteiger partial charge in [-0.2, -0.15) is 8.42 Å². The van der Waals surface area contributed by atoms with Crippen LogP contribution in [0, 0.1) is 0 Å². The molecule has 1 aliphatic rings. The summed E-state index contributed by atoms with van der Waals surface area (Å²) in [7, 11) is -2.48. The van der Waals surface area contributed by atoms with E-state index in [1.165, 1.54) is 7.11 Å². The average Bonchev–Trinajstić information content (AvgIpc) is 2.81.